The molecule has 0 saturated carbocycles. The minimum atomic E-state index is -0.531. The fraction of sp³-hybridized carbons (Fsp3) is 0.345. The third kappa shape index (κ3) is 4.97. The molecule has 9 nitrogen and oxygen atoms in total. The largest absolute Gasteiger partial charge is 0.352 e. The lowest BCUT2D eigenvalue weighted by Crippen LogP contribution is -2.36. The highest BCUT2D eigenvalue weighted by atomic mass is 32.1. The molecule has 1 aliphatic heterocycles. The molecule has 1 saturated heterocycles. The maximum absolute atomic E-state index is 15.5. The van der Waals surface area contributed by atoms with E-state index in [1.807, 2.05) is 12.1 Å². The molecule has 2 amide bonds. The zero-order chi connectivity index (χ0) is 27.8. The van der Waals surface area contributed by atoms with Crippen LogP contribution in [0.1, 0.15) is 58.2 Å². The highest BCUT2D eigenvalue weighted by Gasteiger charge is 2.28. The number of thiazole rings is 1. The van der Waals surface area contributed by atoms with Gasteiger partial charge in [-0.2, -0.15) is 5.10 Å². The molecular formula is C29H30FN7O2S. The van der Waals surface area contributed by atoms with Crippen LogP contribution in [0.3, 0.4) is 0 Å². The second-order valence-corrected chi connectivity index (χ2v) is 11.4. The second kappa shape index (κ2) is 10.8. The van der Waals surface area contributed by atoms with Gasteiger partial charge < -0.3 is 15.5 Å². The molecule has 1 aromatic carbocycles. The van der Waals surface area contributed by atoms with E-state index >= 15 is 4.39 Å². The first kappa shape index (κ1) is 26.1. The minimum Gasteiger partial charge on any atom is -0.352 e. The molecule has 206 valence electrons. The second-order valence-electron chi connectivity index (χ2n) is 10.3. The van der Waals surface area contributed by atoms with E-state index in [2.05, 4.69) is 42.3 Å². The smallest absolute Gasteiger partial charge is 0.280 e. The van der Waals surface area contributed by atoms with Gasteiger partial charge in [0.05, 0.1) is 17.1 Å². The first-order valence-electron chi connectivity index (χ1n) is 13.5. The summed E-state index contributed by atoms with van der Waals surface area (Å²) in [5, 5.41) is 14.6. The topological polar surface area (TPSA) is 116 Å². The zero-order valence-electron chi connectivity index (χ0n) is 22.2. The molecule has 1 aliphatic carbocycles. The lowest BCUT2D eigenvalue weighted by molar-refractivity contribution is -0.117. The van der Waals surface area contributed by atoms with Crippen LogP contribution in [0.15, 0.2) is 43.1 Å². The van der Waals surface area contributed by atoms with Crippen molar-refractivity contribution in [1.82, 2.24) is 30.8 Å². The molecule has 0 spiro atoms. The van der Waals surface area contributed by atoms with E-state index in [0.717, 1.165) is 48.7 Å². The van der Waals surface area contributed by atoms with Crippen LogP contribution in [0.4, 0.5) is 10.2 Å². The van der Waals surface area contributed by atoms with E-state index in [-0.39, 0.29) is 17.9 Å². The number of pyridine rings is 1. The van der Waals surface area contributed by atoms with Gasteiger partial charge >= 0.3 is 0 Å². The number of rotatable bonds is 7. The van der Waals surface area contributed by atoms with Crippen molar-refractivity contribution in [2.45, 2.75) is 51.1 Å². The third-order valence-corrected chi connectivity index (χ3v) is 8.78. The standard InChI is InChI=1S/C29H30FN7O2S/c1-3-24(38)33-18-11-13-37(15-18)27-25-20(10-12-31-26(25)35-36-27)17-8-9-19(21(30)14-17)16(2)32-28(39)29-34-22-6-4-5-7-23(22)40-29/h3,8-10,12,14,16,18H,1,4-7,11,13,15H2,2H3,(H,32,39)(H,33,38)(H,31,35,36)/t16-,18-/m1/s1. The number of hydrogen-bond donors (Lipinski definition) is 3. The molecule has 2 atom stereocenters. The van der Waals surface area contributed by atoms with Crippen molar-refractivity contribution in [3.05, 3.63) is 70.1 Å². The third-order valence-electron chi connectivity index (χ3n) is 7.63. The van der Waals surface area contributed by atoms with Crippen LogP contribution in [-0.4, -0.2) is 51.1 Å². The summed E-state index contributed by atoms with van der Waals surface area (Å²) in [6, 6.07) is 6.36. The van der Waals surface area contributed by atoms with Crippen LogP contribution in [0, 0.1) is 5.82 Å². The molecule has 0 unspecified atom stereocenters. The number of H-pyrrole nitrogens is 1. The number of aromatic amines is 1. The molecule has 6 rings (SSSR count). The Balaban J connectivity index is 1.23. The SMILES string of the molecule is C=CC(=O)N[C@@H]1CCN(c2n[nH]c3nccc(-c4ccc([C@@H](C)NC(=O)c5nc6c(s5)CCCC6)c(F)c4)c23)C1. The summed E-state index contributed by atoms with van der Waals surface area (Å²) in [5.74, 6) is -0.174. The molecule has 0 bridgehead atoms. The normalized spacial score (nSPS) is 17.4. The van der Waals surface area contributed by atoms with Gasteiger partial charge in [-0.15, -0.1) is 11.3 Å². The van der Waals surface area contributed by atoms with E-state index in [9.17, 15) is 9.59 Å². The molecular weight excluding hydrogens is 529 g/mol. The summed E-state index contributed by atoms with van der Waals surface area (Å²) < 4.78 is 15.5. The van der Waals surface area contributed by atoms with Gasteiger partial charge in [-0.25, -0.2) is 14.4 Å². The summed E-state index contributed by atoms with van der Waals surface area (Å²) in [4.78, 5) is 36.9. The Morgan fingerprint density at radius 1 is 1.27 bits per heavy atom. The highest BCUT2D eigenvalue weighted by Crippen LogP contribution is 2.36. The van der Waals surface area contributed by atoms with Crippen molar-refractivity contribution in [3.63, 3.8) is 0 Å². The van der Waals surface area contributed by atoms with Crippen molar-refractivity contribution in [3.8, 4) is 11.1 Å². The van der Waals surface area contributed by atoms with Crippen molar-refractivity contribution < 1.29 is 14.0 Å². The van der Waals surface area contributed by atoms with Gasteiger partial charge in [-0.1, -0.05) is 18.7 Å². The lowest BCUT2D eigenvalue weighted by atomic mass is 9.99. The number of aryl methyl sites for hydroxylation is 2. The molecule has 2 aliphatic rings. The number of benzene rings is 1. The van der Waals surface area contributed by atoms with Crippen molar-refractivity contribution >= 4 is 40.0 Å². The highest BCUT2D eigenvalue weighted by molar-refractivity contribution is 7.13. The first-order chi connectivity index (χ1) is 19.4. The maximum Gasteiger partial charge on any atom is 0.280 e. The Bertz CT molecular complexity index is 1590. The average molecular weight is 560 g/mol. The van der Waals surface area contributed by atoms with Gasteiger partial charge in [0.25, 0.3) is 5.91 Å². The van der Waals surface area contributed by atoms with E-state index in [1.165, 1.54) is 28.4 Å². The van der Waals surface area contributed by atoms with Gasteiger partial charge in [-0.05, 0) is 68.4 Å². The van der Waals surface area contributed by atoms with Crippen molar-refractivity contribution in [1.29, 1.82) is 0 Å². The fourth-order valence-corrected chi connectivity index (χ4v) is 6.62. The number of halogens is 1. The molecule has 3 aromatic heterocycles. The molecule has 0 radical (unpaired) electrons. The molecule has 40 heavy (non-hydrogen) atoms. The Morgan fingerprint density at radius 2 is 2.12 bits per heavy atom. The van der Waals surface area contributed by atoms with Crippen LogP contribution in [0.25, 0.3) is 22.2 Å². The van der Waals surface area contributed by atoms with Crippen LogP contribution in [-0.2, 0) is 17.6 Å². The Hall–Kier alpha value is -4.12. The summed E-state index contributed by atoms with van der Waals surface area (Å²) >= 11 is 1.44. The van der Waals surface area contributed by atoms with Gasteiger partial charge in [0.2, 0.25) is 5.91 Å². The number of nitrogens with one attached hydrogen (secondary N) is 3. The van der Waals surface area contributed by atoms with Gasteiger partial charge in [-0.3, -0.25) is 14.7 Å². The molecule has 4 heterocycles. The summed E-state index contributed by atoms with van der Waals surface area (Å²) in [6.45, 7) is 6.60. The minimum absolute atomic E-state index is 0.0133. The van der Waals surface area contributed by atoms with Gasteiger partial charge in [0, 0.05) is 35.8 Å². The molecule has 4 aromatic rings. The first-order valence-corrected chi connectivity index (χ1v) is 14.3. The molecule has 3 N–H and O–H groups in total. The number of fused-ring (bicyclic) bond motifs is 2. The van der Waals surface area contributed by atoms with Gasteiger partial charge in [0.15, 0.2) is 16.5 Å². The van der Waals surface area contributed by atoms with E-state index < -0.39 is 11.9 Å². The fourth-order valence-electron chi connectivity index (χ4n) is 5.57. The summed E-state index contributed by atoms with van der Waals surface area (Å²) in [7, 11) is 0. The number of aromatic nitrogens is 4. The number of anilines is 1. The zero-order valence-corrected chi connectivity index (χ0v) is 23.0. The number of nitrogens with zero attached hydrogens (tertiary/aromatic N) is 4. The quantitative estimate of drug-likeness (QED) is 0.288. The van der Waals surface area contributed by atoms with Crippen molar-refractivity contribution in [2.75, 3.05) is 18.0 Å². The van der Waals surface area contributed by atoms with Crippen LogP contribution in [0.5, 0.6) is 0 Å². The van der Waals surface area contributed by atoms with E-state index in [4.69, 9.17) is 0 Å². The maximum atomic E-state index is 15.5. The lowest BCUT2D eigenvalue weighted by Gasteiger charge is -2.18. The number of carbonyl (C=O) groups excluding carboxylic acids is 2. The van der Waals surface area contributed by atoms with Crippen LogP contribution >= 0.6 is 11.3 Å². The van der Waals surface area contributed by atoms with Crippen LogP contribution in [0.2, 0.25) is 0 Å². The molecule has 11 heteroatoms. The predicted molar refractivity (Wildman–Crippen MR) is 153 cm³/mol. The van der Waals surface area contributed by atoms with Crippen molar-refractivity contribution in [2.24, 2.45) is 0 Å². The Kier molecular flexibility index (Phi) is 7.05. The van der Waals surface area contributed by atoms with Crippen LogP contribution < -0.4 is 15.5 Å². The number of carbonyl (C=O) groups is 2. The molecule has 1 fully saturated rings. The monoisotopic (exact) mass is 559 g/mol. The Morgan fingerprint density at radius 3 is 2.92 bits per heavy atom. The van der Waals surface area contributed by atoms with E-state index in [1.54, 1.807) is 19.2 Å². The average Bonchev–Trinajstić information content (AvgIpc) is 3.70. The van der Waals surface area contributed by atoms with Gasteiger partial charge in [0.1, 0.15) is 5.82 Å². The summed E-state index contributed by atoms with van der Waals surface area (Å²) in [5.41, 5.74) is 3.50. The Labute approximate surface area is 234 Å². The predicted octanol–water partition coefficient (Wildman–Crippen LogP) is 4.47. The number of hydrogen-bond acceptors (Lipinski definition) is 7. The summed E-state index contributed by atoms with van der Waals surface area (Å²) in [6.07, 6.45) is 7.82. The van der Waals surface area contributed by atoms with E-state index in [0.29, 0.717) is 40.7 Å². The number of amides is 2.